The number of hydrogen-bond donors (Lipinski definition) is 1. The van der Waals surface area contributed by atoms with Crippen molar-refractivity contribution in [2.75, 3.05) is 18.0 Å². The molecule has 2 rings (SSSR count). The third-order valence-electron chi connectivity index (χ3n) is 2.48. The highest BCUT2D eigenvalue weighted by Crippen LogP contribution is 2.31. The summed E-state index contributed by atoms with van der Waals surface area (Å²) in [7, 11) is 0. The van der Waals surface area contributed by atoms with Crippen molar-refractivity contribution < 1.29 is 5.11 Å². The molecule has 1 saturated heterocycles. The smallest absolute Gasteiger partial charge is 0.101 e. The van der Waals surface area contributed by atoms with Crippen molar-refractivity contribution in [3.8, 4) is 6.07 Å². The van der Waals surface area contributed by atoms with E-state index in [0.717, 1.165) is 10.2 Å². The van der Waals surface area contributed by atoms with Gasteiger partial charge in [-0.05, 0) is 25.1 Å². The molecule has 1 aliphatic heterocycles. The zero-order valence-electron chi connectivity index (χ0n) is 8.37. The second kappa shape index (κ2) is 3.51. The first-order valence-corrected chi connectivity index (χ1v) is 5.48. The lowest BCUT2D eigenvalue weighted by molar-refractivity contribution is 0.0310. The van der Waals surface area contributed by atoms with Crippen LogP contribution in [0.2, 0.25) is 0 Å². The Bertz CT molecular complexity index is 429. The summed E-state index contributed by atoms with van der Waals surface area (Å²) in [6.07, 6.45) is 0. The van der Waals surface area contributed by atoms with Gasteiger partial charge in [-0.2, -0.15) is 5.26 Å². The second-order valence-electron chi connectivity index (χ2n) is 4.13. The van der Waals surface area contributed by atoms with Crippen molar-refractivity contribution in [3.05, 3.63) is 28.2 Å². The van der Waals surface area contributed by atoms with E-state index in [0.29, 0.717) is 18.7 Å². The van der Waals surface area contributed by atoms with Crippen molar-refractivity contribution in [3.63, 3.8) is 0 Å². The molecule has 1 fully saturated rings. The number of halogens is 1. The second-order valence-corrected chi connectivity index (χ2v) is 5.04. The van der Waals surface area contributed by atoms with Gasteiger partial charge in [-0.1, -0.05) is 15.9 Å². The lowest BCUT2D eigenvalue weighted by atomic mass is 9.95. The van der Waals surface area contributed by atoms with Crippen LogP contribution in [0.15, 0.2) is 22.7 Å². The molecule has 0 aliphatic carbocycles. The van der Waals surface area contributed by atoms with Gasteiger partial charge in [-0.15, -0.1) is 0 Å². The SMILES string of the molecule is CC1(O)CN(c2cc(Br)ccc2C#N)C1. The average Bonchev–Trinajstić information content (AvgIpc) is 2.14. The van der Waals surface area contributed by atoms with Gasteiger partial charge in [0.15, 0.2) is 0 Å². The largest absolute Gasteiger partial charge is 0.386 e. The maximum atomic E-state index is 9.64. The maximum Gasteiger partial charge on any atom is 0.101 e. The summed E-state index contributed by atoms with van der Waals surface area (Å²) in [5, 5.41) is 18.6. The lowest BCUT2D eigenvalue weighted by Gasteiger charge is -2.46. The monoisotopic (exact) mass is 266 g/mol. The molecule has 0 atom stereocenters. The van der Waals surface area contributed by atoms with Crippen LogP contribution in [0.5, 0.6) is 0 Å². The highest BCUT2D eigenvalue weighted by Gasteiger charge is 2.37. The first-order valence-electron chi connectivity index (χ1n) is 4.69. The minimum absolute atomic E-state index is 0.581. The molecule has 4 heteroatoms. The summed E-state index contributed by atoms with van der Waals surface area (Å²) in [5.74, 6) is 0. The number of nitrogens with zero attached hydrogens (tertiary/aromatic N) is 2. The van der Waals surface area contributed by atoms with Crippen molar-refractivity contribution >= 4 is 21.6 Å². The normalized spacial score (nSPS) is 18.1. The Morgan fingerprint density at radius 3 is 2.73 bits per heavy atom. The van der Waals surface area contributed by atoms with Gasteiger partial charge < -0.3 is 10.0 Å². The van der Waals surface area contributed by atoms with Gasteiger partial charge in [0.25, 0.3) is 0 Å². The molecule has 0 bridgehead atoms. The van der Waals surface area contributed by atoms with Crippen LogP contribution >= 0.6 is 15.9 Å². The molecule has 1 aliphatic rings. The predicted molar refractivity (Wildman–Crippen MR) is 61.7 cm³/mol. The van der Waals surface area contributed by atoms with E-state index in [9.17, 15) is 5.11 Å². The molecule has 0 spiro atoms. The van der Waals surface area contributed by atoms with Gasteiger partial charge >= 0.3 is 0 Å². The highest BCUT2D eigenvalue weighted by atomic mass is 79.9. The molecule has 1 N–H and O–H groups in total. The number of β-amino-alcohol motifs (C(OH)–C–C–N with tert-alkyl or cyclic N) is 1. The molecule has 78 valence electrons. The first kappa shape index (κ1) is 10.5. The Labute approximate surface area is 97.1 Å². The highest BCUT2D eigenvalue weighted by molar-refractivity contribution is 9.10. The van der Waals surface area contributed by atoms with Crippen molar-refractivity contribution in [1.29, 1.82) is 5.26 Å². The van der Waals surface area contributed by atoms with E-state index < -0.39 is 5.60 Å². The average molecular weight is 267 g/mol. The fraction of sp³-hybridized carbons (Fsp3) is 0.364. The quantitative estimate of drug-likeness (QED) is 0.845. The molecule has 1 aromatic rings. The number of benzene rings is 1. The van der Waals surface area contributed by atoms with E-state index in [1.807, 2.05) is 17.0 Å². The minimum atomic E-state index is -0.616. The van der Waals surface area contributed by atoms with E-state index in [1.165, 1.54) is 0 Å². The van der Waals surface area contributed by atoms with E-state index >= 15 is 0 Å². The van der Waals surface area contributed by atoms with Crippen molar-refractivity contribution in [2.45, 2.75) is 12.5 Å². The topological polar surface area (TPSA) is 47.3 Å². The van der Waals surface area contributed by atoms with Crippen LogP contribution in [-0.4, -0.2) is 23.8 Å². The summed E-state index contributed by atoms with van der Waals surface area (Å²) in [4.78, 5) is 2.00. The third-order valence-corrected chi connectivity index (χ3v) is 2.98. The molecule has 0 aromatic heterocycles. The van der Waals surface area contributed by atoms with Crippen LogP contribution in [0.3, 0.4) is 0 Å². The number of nitriles is 1. The van der Waals surface area contributed by atoms with Gasteiger partial charge in [0.2, 0.25) is 0 Å². The lowest BCUT2D eigenvalue weighted by Crippen LogP contribution is -2.60. The van der Waals surface area contributed by atoms with Crippen molar-refractivity contribution in [1.82, 2.24) is 0 Å². The Morgan fingerprint density at radius 2 is 2.20 bits per heavy atom. The zero-order valence-corrected chi connectivity index (χ0v) is 9.95. The molecule has 0 saturated carbocycles. The number of hydrogen-bond acceptors (Lipinski definition) is 3. The van der Waals surface area contributed by atoms with Crippen molar-refractivity contribution in [2.24, 2.45) is 0 Å². The number of anilines is 1. The number of aliphatic hydroxyl groups is 1. The molecular formula is C11H11BrN2O. The number of rotatable bonds is 1. The van der Waals surface area contributed by atoms with Crippen LogP contribution < -0.4 is 4.90 Å². The van der Waals surface area contributed by atoms with Crippen LogP contribution in [-0.2, 0) is 0 Å². The van der Waals surface area contributed by atoms with Gasteiger partial charge in [0.1, 0.15) is 6.07 Å². The van der Waals surface area contributed by atoms with Crippen LogP contribution in [0.4, 0.5) is 5.69 Å². The summed E-state index contributed by atoms with van der Waals surface area (Å²) in [6.45, 7) is 2.96. The van der Waals surface area contributed by atoms with E-state index in [1.54, 1.807) is 13.0 Å². The fourth-order valence-electron chi connectivity index (χ4n) is 1.81. The van der Waals surface area contributed by atoms with Gasteiger partial charge in [0.05, 0.1) is 16.9 Å². The van der Waals surface area contributed by atoms with Crippen LogP contribution in [0, 0.1) is 11.3 Å². The Balaban J connectivity index is 2.29. The van der Waals surface area contributed by atoms with Gasteiger partial charge in [-0.3, -0.25) is 0 Å². The first-order chi connectivity index (χ1) is 7.02. The van der Waals surface area contributed by atoms with Gasteiger partial charge in [0, 0.05) is 17.6 Å². The molecule has 0 unspecified atom stereocenters. The molecular weight excluding hydrogens is 256 g/mol. The summed E-state index contributed by atoms with van der Waals surface area (Å²) >= 11 is 3.38. The summed E-state index contributed by atoms with van der Waals surface area (Å²) in [6, 6.07) is 7.70. The van der Waals surface area contributed by atoms with E-state index in [-0.39, 0.29) is 0 Å². The predicted octanol–water partition coefficient (Wildman–Crippen LogP) is 1.89. The Hall–Kier alpha value is -1.05. The molecule has 0 amide bonds. The maximum absolute atomic E-state index is 9.64. The van der Waals surface area contributed by atoms with Gasteiger partial charge in [-0.25, -0.2) is 0 Å². The third kappa shape index (κ3) is 1.99. The molecule has 1 heterocycles. The Kier molecular flexibility index (Phi) is 2.45. The molecule has 3 nitrogen and oxygen atoms in total. The standard InChI is InChI=1S/C11H11BrN2O/c1-11(15)6-14(7-11)10-4-9(12)3-2-8(10)5-13/h2-4,15H,6-7H2,1H3. The fourth-order valence-corrected chi connectivity index (χ4v) is 2.16. The van der Waals surface area contributed by atoms with E-state index in [4.69, 9.17) is 5.26 Å². The van der Waals surface area contributed by atoms with E-state index in [2.05, 4.69) is 22.0 Å². The molecule has 15 heavy (non-hydrogen) atoms. The Morgan fingerprint density at radius 1 is 1.53 bits per heavy atom. The zero-order chi connectivity index (χ0) is 11.1. The summed E-state index contributed by atoms with van der Waals surface area (Å²) < 4.78 is 0.947. The van der Waals surface area contributed by atoms with Crippen LogP contribution in [0.1, 0.15) is 12.5 Å². The van der Waals surface area contributed by atoms with Crippen LogP contribution in [0.25, 0.3) is 0 Å². The molecule has 1 aromatic carbocycles. The molecule has 0 radical (unpaired) electrons. The summed E-state index contributed by atoms with van der Waals surface area (Å²) in [5.41, 5.74) is 0.918. The minimum Gasteiger partial charge on any atom is -0.386 e.